The van der Waals surface area contributed by atoms with Crippen molar-refractivity contribution in [2.75, 3.05) is 13.1 Å². The van der Waals surface area contributed by atoms with Crippen LogP contribution in [0.1, 0.15) is 30.1 Å². The maximum absolute atomic E-state index is 11.1. The van der Waals surface area contributed by atoms with Gasteiger partial charge in [0.1, 0.15) is 11.9 Å². The summed E-state index contributed by atoms with van der Waals surface area (Å²) in [6.07, 6.45) is 2.52. The number of carbonyl (C=O) groups excluding carboxylic acids is 1. The Labute approximate surface area is 95.8 Å². The Bertz CT molecular complexity index is 353. The summed E-state index contributed by atoms with van der Waals surface area (Å²) >= 11 is 0. The fourth-order valence-corrected chi connectivity index (χ4v) is 1.88. The second-order valence-corrected chi connectivity index (χ2v) is 4.17. The first kappa shape index (κ1) is 11.1. The van der Waals surface area contributed by atoms with Crippen LogP contribution in [-0.4, -0.2) is 25.0 Å². The molecule has 0 saturated carbocycles. The number of ether oxygens (including phenoxy) is 1. The van der Waals surface area contributed by atoms with Gasteiger partial charge in [-0.25, -0.2) is 0 Å². The third-order valence-electron chi connectivity index (χ3n) is 2.82. The Kier molecular flexibility index (Phi) is 3.57. The largest absolute Gasteiger partial charge is 0.489 e. The van der Waals surface area contributed by atoms with Crippen LogP contribution in [0.2, 0.25) is 0 Å². The molecule has 1 aromatic carbocycles. The Morgan fingerprint density at radius 2 is 2.12 bits per heavy atom. The summed E-state index contributed by atoms with van der Waals surface area (Å²) in [4.78, 5) is 11.1. The minimum atomic E-state index is 0.0888. The van der Waals surface area contributed by atoms with Crippen molar-refractivity contribution in [3.05, 3.63) is 29.8 Å². The first-order chi connectivity index (χ1) is 7.75. The molecular weight excluding hydrogens is 202 g/mol. The highest BCUT2D eigenvalue weighted by molar-refractivity contribution is 5.94. The molecule has 16 heavy (non-hydrogen) atoms. The third-order valence-corrected chi connectivity index (χ3v) is 2.82. The zero-order valence-electron chi connectivity index (χ0n) is 9.53. The van der Waals surface area contributed by atoms with E-state index in [9.17, 15) is 4.79 Å². The molecule has 0 amide bonds. The summed E-state index contributed by atoms with van der Waals surface area (Å²) in [5.74, 6) is 0.935. The normalized spacial score (nSPS) is 20.4. The maximum Gasteiger partial charge on any atom is 0.159 e. The van der Waals surface area contributed by atoms with Crippen LogP contribution < -0.4 is 10.1 Å². The van der Waals surface area contributed by atoms with Crippen molar-refractivity contribution in [1.29, 1.82) is 0 Å². The van der Waals surface area contributed by atoms with Crippen LogP contribution in [0, 0.1) is 0 Å². The molecule has 0 radical (unpaired) electrons. The molecule has 0 aromatic heterocycles. The molecule has 1 heterocycles. The lowest BCUT2D eigenvalue weighted by molar-refractivity contribution is 0.101. The highest BCUT2D eigenvalue weighted by Gasteiger charge is 2.14. The Morgan fingerprint density at radius 3 is 2.69 bits per heavy atom. The maximum atomic E-state index is 11.1. The van der Waals surface area contributed by atoms with E-state index in [4.69, 9.17) is 4.74 Å². The van der Waals surface area contributed by atoms with Gasteiger partial charge in [-0.3, -0.25) is 4.79 Å². The number of rotatable bonds is 3. The molecule has 1 N–H and O–H groups in total. The van der Waals surface area contributed by atoms with Crippen molar-refractivity contribution in [1.82, 2.24) is 5.32 Å². The number of carbonyl (C=O) groups is 1. The molecule has 0 unspecified atom stereocenters. The predicted molar refractivity (Wildman–Crippen MR) is 63.0 cm³/mol. The first-order valence-corrected chi connectivity index (χ1v) is 5.74. The van der Waals surface area contributed by atoms with Crippen LogP contribution in [0.25, 0.3) is 0 Å². The van der Waals surface area contributed by atoms with Gasteiger partial charge in [-0.15, -0.1) is 0 Å². The number of piperidine rings is 1. The lowest BCUT2D eigenvalue weighted by Crippen LogP contribution is -2.37. The molecule has 0 aliphatic carbocycles. The quantitative estimate of drug-likeness (QED) is 0.790. The molecule has 3 heteroatoms. The van der Waals surface area contributed by atoms with Crippen LogP contribution in [0.5, 0.6) is 5.75 Å². The fourth-order valence-electron chi connectivity index (χ4n) is 1.88. The second kappa shape index (κ2) is 5.12. The van der Waals surface area contributed by atoms with E-state index in [1.807, 2.05) is 24.3 Å². The Balaban J connectivity index is 1.96. The highest BCUT2D eigenvalue weighted by Crippen LogP contribution is 2.16. The smallest absolute Gasteiger partial charge is 0.159 e. The van der Waals surface area contributed by atoms with Crippen LogP contribution in [-0.2, 0) is 0 Å². The monoisotopic (exact) mass is 219 g/mol. The number of ketones is 1. The Morgan fingerprint density at radius 1 is 1.38 bits per heavy atom. The summed E-state index contributed by atoms with van der Waals surface area (Å²) in [7, 11) is 0. The summed E-state index contributed by atoms with van der Waals surface area (Å²) < 4.78 is 5.82. The standard InChI is InChI=1S/C13H17NO2/c1-10(15)11-4-6-12(7-5-11)16-13-3-2-8-14-9-13/h4-7,13-14H,2-3,8-9H2,1H3/t13-/m0/s1. The van der Waals surface area contributed by atoms with Crippen LogP contribution in [0.15, 0.2) is 24.3 Å². The number of benzene rings is 1. The van der Waals surface area contributed by atoms with Gasteiger partial charge in [0.05, 0.1) is 0 Å². The van der Waals surface area contributed by atoms with E-state index >= 15 is 0 Å². The molecule has 1 aromatic rings. The van der Waals surface area contributed by atoms with Crippen molar-refractivity contribution >= 4 is 5.78 Å². The van der Waals surface area contributed by atoms with E-state index in [0.717, 1.165) is 37.2 Å². The lowest BCUT2D eigenvalue weighted by Gasteiger charge is -2.23. The van der Waals surface area contributed by atoms with Gasteiger partial charge >= 0.3 is 0 Å². The SMILES string of the molecule is CC(=O)c1ccc(O[C@H]2CCCNC2)cc1. The molecule has 1 aliphatic heterocycles. The number of hydrogen-bond acceptors (Lipinski definition) is 3. The first-order valence-electron chi connectivity index (χ1n) is 5.74. The second-order valence-electron chi connectivity index (χ2n) is 4.17. The van der Waals surface area contributed by atoms with Gasteiger partial charge < -0.3 is 10.1 Å². The van der Waals surface area contributed by atoms with Crippen molar-refractivity contribution in [2.24, 2.45) is 0 Å². The number of Topliss-reactive ketones (excluding diaryl/α,β-unsaturated/α-hetero) is 1. The number of hydrogen-bond donors (Lipinski definition) is 1. The zero-order valence-corrected chi connectivity index (χ0v) is 9.53. The minimum Gasteiger partial charge on any atom is -0.489 e. The average Bonchev–Trinajstić information content (AvgIpc) is 2.31. The molecule has 86 valence electrons. The molecule has 0 bridgehead atoms. The summed E-state index contributed by atoms with van der Waals surface area (Å²) in [5.41, 5.74) is 0.731. The molecule has 2 rings (SSSR count). The Hall–Kier alpha value is -1.35. The van der Waals surface area contributed by atoms with Crippen molar-refractivity contribution in [3.63, 3.8) is 0 Å². The summed E-state index contributed by atoms with van der Waals surface area (Å²) in [6.45, 7) is 3.57. The van der Waals surface area contributed by atoms with E-state index in [1.165, 1.54) is 0 Å². The van der Waals surface area contributed by atoms with Crippen LogP contribution in [0.3, 0.4) is 0 Å². The van der Waals surface area contributed by atoms with Crippen LogP contribution >= 0.6 is 0 Å². The van der Waals surface area contributed by atoms with E-state index in [0.29, 0.717) is 0 Å². The third kappa shape index (κ3) is 2.83. The minimum absolute atomic E-state index is 0.0888. The van der Waals surface area contributed by atoms with E-state index in [-0.39, 0.29) is 11.9 Å². The highest BCUT2D eigenvalue weighted by atomic mass is 16.5. The molecular formula is C13H17NO2. The van der Waals surface area contributed by atoms with Crippen molar-refractivity contribution in [2.45, 2.75) is 25.9 Å². The molecule has 0 spiro atoms. The summed E-state index contributed by atoms with van der Waals surface area (Å²) in [6, 6.07) is 7.36. The molecule has 3 nitrogen and oxygen atoms in total. The zero-order chi connectivity index (χ0) is 11.4. The van der Waals surface area contributed by atoms with E-state index < -0.39 is 0 Å². The predicted octanol–water partition coefficient (Wildman–Crippen LogP) is 2.02. The van der Waals surface area contributed by atoms with Gasteiger partial charge in [0, 0.05) is 12.1 Å². The molecule has 1 fully saturated rings. The van der Waals surface area contributed by atoms with E-state index in [2.05, 4.69) is 5.32 Å². The van der Waals surface area contributed by atoms with Crippen molar-refractivity contribution < 1.29 is 9.53 Å². The molecule has 1 atom stereocenters. The summed E-state index contributed by atoms with van der Waals surface area (Å²) in [5, 5.41) is 3.31. The number of nitrogens with one attached hydrogen (secondary N) is 1. The van der Waals surface area contributed by atoms with Gasteiger partial charge in [-0.2, -0.15) is 0 Å². The topological polar surface area (TPSA) is 38.3 Å². The molecule has 1 saturated heterocycles. The van der Waals surface area contributed by atoms with Gasteiger partial charge in [0.15, 0.2) is 5.78 Å². The van der Waals surface area contributed by atoms with Gasteiger partial charge in [-0.1, -0.05) is 0 Å². The van der Waals surface area contributed by atoms with Crippen LogP contribution in [0.4, 0.5) is 0 Å². The lowest BCUT2D eigenvalue weighted by atomic mass is 10.1. The average molecular weight is 219 g/mol. The van der Waals surface area contributed by atoms with Gasteiger partial charge in [0.2, 0.25) is 0 Å². The van der Waals surface area contributed by atoms with Gasteiger partial charge in [-0.05, 0) is 50.6 Å². The fraction of sp³-hybridized carbons (Fsp3) is 0.462. The van der Waals surface area contributed by atoms with E-state index in [1.54, 1.807) is 6.92 Å². The molecule has 1 aliphatic rings. The van der Waals surface area contributed by atoms with Gasteiger partial charge in [0.25, 0.3) is 0 Å². The van der Waals surface area contributed by atoms with Crippen molar-refractivity contribution in [3.8, 4) is 5.75 Å².